The van der Waals surface area contributed by atoms with Crippen molar-refractivity contribution < 1.29 is 9.53 Å². The van der Waals surface area contributed by atoms with Crippen LogP contribution in [0, 0.1) is 12.8 Å². The fraction of sp³-hybridized carbons (Fsp3) is 0.333. The van der Waals surface area contributed by atoms with Gasteiger partial charge in [0.25, 0.3) is 0 Å². The Kier molecular flexibility index (Phi) is 7.00. The molecule has 0 saturated carbocycles. The Hall–Kier alpha value is -3.86. The molecule has 194 valence electrons. The Morgan fingerprint density at radius 3 is 2.66 bits per heavy atom. The van der Waals surface area contributed by atoms with Crippen molar-refractivity contribution in [3.63, 3.8) is 0 Å². The first-order valence-corrected chi connectivity index (χ1v) is 13.8. The van der Waals surface area contributed by atoms with Crippen LogP contribution in [0.3, 0.4) is 0 Å². The van der Waals surface area contributed by atoms with Gasteiger partial charge < -0.3 is 14.6 Å². The van der Waals surface area contributed by atoms with Crippen molar-refractivity contribution in [2.24, 2.45) is 5.92 Å². The van der Waals surface area contributed by atoms with E-state index < -0.39 is 0 Å². The predicted octanol–water partition coefficient (Wildman–Crippen LogP) is 6.66. The van der Waals surface area contributed by atoms with Gasteiger partial charge in [-0.1, -0.05) is 54.1 Å². The SMILES string of the molecule is Cc1nc2ccc(-c3ccc4c(c3)C/C=C(/CC(=O)N3CCC(Cc5ccccc5)CC3)CCO4)cc2[nH]1. The van der Waals surface area contributed by atoms with Crippen molar-refractivity contribution in [1.82, 2.24) is 14.9 Å². The summed E-state index contributed by atoms with van der Waals surface area (Å²) >= 11 is 0. The Morgan fingerprint density at radius 2 is 1.82 bits per heavy atom. The number of nitrogens with one attached hydrogen (secondary N) is 1. The summed E-state index contributed by atoms with van der Waals surface area (Å²) in [4.78, 5) is 23.1. The first-order valence-electron chi connectivity index (χ1n) is 13.8. The van der Waals surface area contributed by atoms with Gasteiger partial charge in [0.15, 0.2) is 0 Å². The standard InChI is InChI=1S/C33H35N3O2/c1-23-34-30-11-9-28(22-31(30)35-23)27-10-12-32-29(21-27)8-7-25(15-18-38-32)20-33(37)36-16-13-26(14-17-36)19-24-5-3-2-4-6-24/h2-7,9-12,21-22,26H,8,13-20H2,1H3,(H,34,35)/b25-7+. The lowest BCUT2D eigenvalue weighted by Gasteiger charge is -2.32. The number of nitrogens with zero attached hydrogens (tertiary/aromatic N) is 2. The van der Waals surface area contributed by atoms with Crippen LogP contribution in [0.1, 0.15) is 42.6 Å². The van der Waals surface area contributed by atoms with Gasteiger partial charge in [0.1, 0.15) is 11.6 Å². The normalized spacial score (nSPS) is 17.7. The van der Waals surface area contributed by atoms with Crippen LogP contribution in [0.2, 0.25) is 0 Å². The number of hydrogen-bond acceptors (Lipinski definition) is 3. The maximum absolute atomic E-state index is 13.2. The van der Waals surface area contributed by atoms with Crippen molar-refractivity contribution >= 4 is 16.9 Å². The van der Waals surface area contributed by atoms with E-state index in [9.17, 15) is 4.79 Å². The highest BCUT2D eigenvalue weighted by Crippen LogP contribution is 2.31. The fourth-order valence-corrected chi connectivity index (χ4v) is 5.83. The molecule has 2 aliphatic rings. The highest BCUT2D eigenvalue weighted by atomic mass is 16.5. The quantitative estimate of drug-likeness (QED) is 0.309. The van der Waals surface area contributed by atoms with Crippen molar-refractivity contribution in [2.75, 3.05) is 19.7 Å². The van der Waals surface area contributed by atoms with Crippen LogP contribution in [-0.4, -0.2) is 40.5 Å². The van der Waals surface area contributed by atoms with Crippen molar-refractivity contribution in [2.45, 2.75) is 45.4 Å². The van der Waals surface area contributed by atoms with E-state index in [1.165, 1.54) is 11.1 Å². The number of benzene rings is 3. The maximum Gasteiger partial charge on any atom is 0.226 e. The minimum atomic E-state index is 0.257. The van der Waals surface area contributed by atoms with Crippen LogP contribution in [-0.2, 0) is 17.6 Å². The van der Waals surface area contributed by atoms with E-state index in [0.29, 0.717) is 18.9 Å². The van der Waals surface area contributed by atoms with Crippen LogP contribution in [0.25, 0.3) is 22.2 Å². The molecule has 0 bridgehead atoms. The summed E-state index contributed by atoms with van der Waals surface area (Å²) in [5, 5.41) is 0. The summed E-state index contributed by atoms with van der Waals surface area (Å²) in [7, 11) is 0. The molecule has 3 aromatic carbocycles. The third-order valence-corrected chi connectivity index (χ3v) is 8.00. The Balaban J connectivity index is 1.09. The van der Waals surface area contributed by atoms with E-state index in [0.717, 1.165) is 84.5 Å². The number of carbonyl (C=O) groups is 1. The van der Waals surface area contributed by atoms with Crippen molar-refractivity contribution in [1.29, 1.82) is 0 Å². The minimum Gasteiger partial charge on any atom is -0.493 e. The van der Waals surface area contributed by atoms with Crippen LogP contribution in [0.15, 0.2) is 78.4 Å². The molecule has 38 heavy (non-hydrogen) atoms. The lowest BCUT2D eigenvalue weighted by atomic mass is 9.90. The van der Waals surface area contributed by atoms with Gasteiger partial charge in [-0.05, 0) is 85.0 Å². The number of piperidine rings is 1. The second-order valence-corrected chi connectivity index (χ2v) is 10.7. The number of carbonyl (C=O) groups excluding carboxylic acids is 1. The molecule has 0 radical (unpaired) electrons. The van der Waals surface area contributed by atoms with Gasteiger partial charge >= 0.3 is 0 Å². The van der Waals surface area contributed by atoms with Crippen LogP contribution >= 0.6 is 0 Å². The van der Waals surface area contributed by atoms with Gasteiger partial charge in [0.05, 0.1) is 17.6 Å². The number of allylic oxidation sites excluding steroid dienone is 1. The van der Waals surface area contributed by atoms with Gasteiger partial charge in [-0.3, -0.25) is 4.79 Å². The summed E-state index contributed by atoms with van der Waals surface area (Å²) in [6.07, 6.45) is 7.61. The molecule has 1 N–H and O–H groups in total. The molecule has 2 aliphatic heterocycles. The first-order chi connectivity index (χ1) is 18.6. The molecule has 1 fully saturated rings. The number of aromatic amines is 1. The molecule has 0 aliphatic carbocycles. The summed E-state index contributed by atoms with van der Waals surface area (Å²) in [5.74, 6) is 2.79. The number of hydrogen-bond donors (Lipinski definition) is 1. The van der Waals surface area contributed by atoms with Gasteiger partial charge in [0.2, 0.25) is 5.91 Å². The second-order valence-electron chi connectivity index (χ2n) is 10.7. The Bertz CT molecular complexity index is 1460. The van der Waals surface area contributed by atoms with Crippen LogP contribution in [0.4, 0.5) is 0 Å². The second kappa shape index (κ2) is 10.9. The molecule has 1 saturated heterocycles. The number of aromatic nitrogens is 2. The smallest absolute Gasteiger partial charge is 0.226 e. The summed E-state index contributed by atoms with van der Waals surface area (Å²) in [6.45, 7) is 4.31. The van der Waals surface area contributed by atoms with Crippen LogP contribution in [0.5, 0.6) is 5.75 Å². The molecular weight excluding hydrogens is 470 g/mol. The number of likely N-dealkylation sites (tertiary alicyclic amines) is 1. The average molecular weight is 506 g/mol. The Morgan fingerprint density at radius 1 is 1.03 bits per heavy atom. The highest BCUT2D eigenvalue weighted by Gasteiger charge is 2.24. The molecule has 4 aromatic rings. The van der Waals surface area contributed by atoms with Crippen LogP contribution < -0.4 is 4.74 Å². The van der Waals surface area contributed by atoms with Gasteiger partial charge in [-0.25, -0.2) is 4.98 Å². The molecular formula is C33H35N3O2. The summed E-state index contributed by atoms with van der Waals surface area (Å²) in [6, 6.07) is 23.5. The fourth-order valence-electron chi connectivity index (χ4n) is 5.83. The molecule has 1 amide bonds. The number of ether oxygens (including phenoxy) is 1. The van der Waals surface area contributed by atoms with E-state index >= 15 is 0 Å². The topological polar surface area (TPSA) is 58.2 Å². The molecule has 1 aromatic heterocycles. The highest BCUT2D eigenvalue weighted by molar-refractivity contribution is 5.82. The lowest BCUT2D eigenvalue weighted by Crippen LogP contribution is -2.39. The third-order valence-electron chi connectivity index (χ3n) is 8.00. The molecule has 5 heteroatoms. The van der Waals surface area contributed by atoms with Crippen molar-refractivity contribution in [3.8, 4) is 16.9 Å². The monoisotopic (exact) mass is 505 g/mol. The average Bonchev–Trinajstić information content (AvgIpc) is 3.31. The number of amides is 1. The molecule has 5 nitrogen and oxygen atoms in total. The van der Waals surface area contributed by atoms with Gasteiger partial charge in [-0.15, -0.1) is 0 Å². The number of fused-ring (bicyclic) bond motifs is 2. The largest absolute Gasteiger partial charge is 0.493 e. The number of aryl methyl sites for hydroxylation is 1. The van der Waals surface area contributed by atoms with E-state index in [4.69, 9.17) is 4.74 Å². The minimum absolute atomic E-state index is 0.257. The first kappa shape index (κ1) is 24.5. The maximum atomic E-state index is 13.2. The third kappa shape index (κ3) is 5.52. The molecule has 0 spiro atoms. The summed E-state index contributed by atoms with van der Waals surface area (Å²) < 4.78 is 6.14. The Labute approximate surface area is 224 Å². The summed E-state index contributed by atoms with van der Waals surface area (Å²) in [5.41, 5.74) is 8.10. The molecule has 0 atom stereocenters. The molecule has 3 heterocycles. The number of H-pyrrole nitrogens is 1. The van der Waals surface area contributed by atoms with E-state index in [2.05, 4.69) is 87.7 Å². The van der Waals surface area contributed by atoms with Gasteiger partial charge in [0, 0.05) is 25.9 Å². The zero-order valence-corrected chi connectivity index (χ0v) is 22.1. The van der Waals surface area contributed by atoms with E-state index in [1.54, 1.807) is 0 Å². The number of imidazole rings is 1. The molecule has 6 rings (SSSR count). The molecule has 0 unspecified atom stereocenters. The number of rotatable bonds is 5. The lowest BCUT2D eigenvalue weighted by molar-refractivity contribution is -0.131. The zero-order valence-electron chi connectivity index (χ0n) is 22.1. The van der Waals surface area contributed by atoms with Crippen molar-refractivity contribution in [3.05, 3.63) is 95.3 Å². The zero-order chi connectivity index (χ0) is 25.9. The van der Waals surface area contributed by atoms with Gasteiger partial charge in [-0.2, -0.15) is 0 Å². The van der Waals surface area contributed by atoms with E-state index in [1.807, 2.05) is 6.92 Å². The predicted molar refractivity (Wildman–Crippen MR) is 152 cm³/mol. The van der Waals surface area contributed by atoms with E-state index in [-0.39, 0.29) is 5.91 Å².